The normalized spacial score (nSPS) is 31.5. The molecule has 0 saturated carbocycles. The Morgan fingerprint density at radius 3 is 2.17 bits per heavy atom. The number of aliphatic hydroxyl groups is 1. The molecule has 0 spiro atoms. The van der Waals surface area contributed by atoms with Crippen LogP contribution in [-0.2, 0) is 44.2 Å². The van der Waals surface area contributed by atoms with E-state index in [-0.39, 0.29) is 11.6 Å². The van der Waals surface area contributed by atoms with Gasteiger partial charge < -0.3 is 47.4 Å². The van der Waals surface area contributed by atoms with Crippen LogP contribution in [0.25, 0.3) is 0 Å². The number of ether oxygens (including phenoxy) is 8. The van der Waals surface area contributed by atoms with E-state index in [2.05, 4.69) is 33.9 Å². The van der Waals surface area contributed by atoms with Gasteiger partial charge in [-0.25, -0.2) is 0 Å². The minimum atomic E-state index is -2.28. The maximum absolute atomic E-state index is 11.0. The summed E-state index contributed by atoms with van der Waals surface area (Å²) in [6.07, 6.45) is -3.81. The molecule has 10 nitrogen and oxygen atoms in total. The minimum absolute atomic E-state index is 0.0566. The maximum Gasteiger partial charge on any atom is 0.250 e. The summed E-state index contributed by atoms with van der Waals surface area (Å²) in [7, 11) is 4.02. The smallest absolute Gasteiger partial charge is 0.250 e. The van der Waals surface area contributed by atoms with Crippen LogP contribution in [0, 0.1) is 0 Å². The molecule has 11 heteroatoms. The first-order valence-corrected chi connectivity index (χ1v) is 16.6. The third-order valence-corrected chi connectivity index (χ3v) is 12.2. The standard InChI is InChI=1S/C29H48O10Si/c1-18-24(30)26(27(33-7)28(34-8)36-18)38-23-15-21(39-40(9,10)29(2,3)4)25(22(37-23)17-31-5)35-16-19-11-13-20(32-6)14-12-19/h11-15,18,22-28,30H,16-17H2,1-10H3/t18-,22-,23+,24-,25+,26+,27-,28+/m1/s1. The fourth-order valence-corrected chi connectivity index (χ4v) is 5.51. The zero-order valence-electron chi connectivity index (χ0n) is 25.5. The summed E-state index contributed by atoms with van der Waals surface area (Å²) in [5.41, 5.74) is 0.981. The third-order valence-electron chi connectivity index (χ3n) is 7.88. The Hall–Kier alpha value is -1.54. The molecule has 0 aliphatic carbocycles. The van der Waals surface area contributed by atoms with Crippen molar-refractivity contribution < 1.29 is 47.4 Å². The zero-order valence-corrected chi connectivity index (χ0v) is 26.5. The lowest BCUT2D eigenvalue weighted by atomic mass is 9.99. The molecule has 1 saturated heterocycles. The van der Waals surface area contributed by atoms with Gasteiger partial charge >= 0.3 is 0 Å². The molecule has 2 aliphatic rings. The predicted octanol–water partition coefficient (Wildman–Crippen LogP) is 4.01. The lowest BCUT2D eigenvalue weighted by Gasteiger charge is -2.45. The van der Waals surface area contributed by atoms with Crippen LogP contribution >= 0.6 is 0 Å². The monoisotopic (exact) mass is 584 g/mol. The summed E-state index contributed by atoms with van der Waals surface area (Å²) < 4.78 is 53.6. The van der Waals surface area contributed by atoms with E-state index >= 15 is 0 Å². The molecule has 0 unspecified atom stereocenters. The van der Waals surface area contributed by atoms with Crippen molar-refractivity contribution in [2.75, 3.05) is 35.0 Å². The molecule has 8 atom stereocenters. The van der Waals surface area contributed by atoms with Gasteiger partial charge in [0.1, 0.15) is 42.0 Å². The first-order valence-electron chi connectivity index (χ1n) is 13.7. The summed E-state index contributed by atoms with van der Waals surface area (Å²) in [5.74, 6) is 1.41. The molecule has 1 N–H and O–H groups in total. The molecule has 3 rings (SSSR count). The van der Waals surface area contributed by atoms with Gasteiger partial charge in [0.25, 0.3) is 0 Å². The van der Waals surface area contributed by atoms with Crippen LogP contribution in [0.2, 0.25) is 18.1 Å². The molecule has 0 bridgehead atoms. The van der Waals surface area contributed by atoms with Gasteiger partial charge in [0.2, 0.25) is 8.32 Å². The highest BCUT2D eigenvalue weighted by Gasteiger charge is 2.48. The summed E-state index contributed by atoms with van der Waals surface area (Å²) in [6, 6.07) is 7.72. The number of rotatable bonds is 12. The zero-order chi connectivity index (χ0) is 29.7. The third kappa shape index (κ3) is 7.84. The maximum atomic E-state index is 11.0. The Balaban J connectivity index is 1.93. The second-order valence-corrected chi connectivity index (χ2v) is 16.5. The molecule has 0 radical (unpaired) electrons. The first kappa shape index (κ1) is 33.0. The summed E-state index contributed by atoms with van der Waals surface area (Å²) in [5, 5.41) is 10.9. The highest BCUT2D eigenvalue weighted by molar-refractivity contribution is 6.74. The van der Waals surface area contributed by atoms with Crippen molar-refractivity contribution in [3.63, 3.8) is 0 Å². The van der Waals surface area contributed by atoms with Crippen molar-refractivity contribution in [2.45, 2.75) is 102 Å². The van der Waals surface area contributed by atoms with Crippen molar-refractivity contribution in [2.24, 2.45) is 0 Å². The Morgan fingerprint density at radius 2 is 1.62 bits per heavy atom. The second kappa shape index (κ2) is 14.1. The van der Waals surface area contributed by atoms with E-state index in [9.17, 15) is 5.11 Å². The van der Waals surface area contributed by atoms with E-state index < -0.39 is 57.5 Å². The van der Waals surface area contributed by atoms with E-state index in [0.717, 1.165) is 11.3 Å². The second-order valence-electron chi connectivity index (χ2n) is 11.7. The quantitative estimate of drug-likeness (QED) is 0.363. The van der Waals surface area contributed by atoms with Gasteiger partial charge in [0.15, 0.2) is 12.6 Å². The molecule has 0 aromatic heterocycles. The van der Waals surface area contributed by atoms with Crippen molar-refractivity contribution >= 4 is 8.32 Å². The van der Waals surface area contributed by atoms with Crippen molar-refractivity contribution in [3.8, 4) is 5.75 Å². The van der Waals surface area contributed by atoms with E-state index in [1.54, 1.807) is 27.2 Å². The van der Waals surface area contributed by atoms with Gasteiger partial charge in [-0.05, 0) is 42.8 Å². The molecule has 1 aromatic carbocycles. The Morgan fingerprint density at radius 1 is 0.950 bits per heavy atom. The minimum Gasteiger partial charge on any atom is -0.545 e. The number of hydrogen-bond acceptors (Lipinski definition) is 10. The summed E-state index contributed by atoms with van der Waals surface area (Å²) in [6.45, 7) is 13.2. The largest absolute Gasteiger partial charge is 0.545 e. The fourth-order valence-electron chi connectivity index (χ4n) is 4.43. The molecule has 40 heavy (non-hydrogen) atoms. The van der Waals surface area contributed by atoms with Crippen LogP contribution in [-0.4, -0.2) is 97.7 Å². The highest BCUT2D eigenvalue weighted by atomic mass is 28.4. The van der Waals surface area contributed by atoms with E-state index in [0.29, 0.717) is 12.4 Å². The molecule has 1 fully saturated rings. The van der Waals surface area contributed by atoms with E-state index in [4.69, 9.17) is 42.3 Å². The van der Waals surface area contributed by atoms with E-state index in [1.807, 2.05) is 24.3 Å². The molecular weight excluding hydrogens is 536 g/mol. The summed E-state index contributed by atoms with van der Waals surface area (Å²) in [4.78, 5) is 0. The first-order chi connectivity index (χ1) is 18.8. The molecule has 0 amide bonds. The van der Waals surface area contributed by atoms with Gasteiger partial charge in [-0.1, -0.05) is 32.9 Å². The highest BCUT2D eigenvalue weighted by Crippen LogP contribution is 2.40. The van der Waals surface area contributed by atoms with Crippen molar-refractivity contribution in [3.05, 3.63) is 41.7 Å². The van der Waals surface area contributed by atoms with Crippen molar-refractivity contribution in [1.29, 1.82) is 0 Å². The number of hydrogen-bond donors (Lipinski definition) is 1. The SMILES string of the molecule is COC[C@H]1O[C@@H](O[C@H]2[C@H](O)[C@@H](C)O[C@H](OC)[C@@H]2OC)C=C(O[Si](C)(C)C(C)(C)C)[C@@H]1OCc1ccc(OC)cc1. The molecular formula is C29H48O10Si. The lowest BCUT2D eigenvalue weighted by molar-refractivity contribution is -0.323. The molecule has 1 aromatic rings. The van der Waals surface area contributed by atoms with Crippen LogP contribution in [0.4, 0.5) is 0 Å². The number of methoxy groups -OCH3 is 4. The lowest BCUT2D eigenvalue weighted by Crippen LogP contribution is -2.60. The van der Waals surface area contributed by atoms with Gasteiger partial charge in [0, 0.05) is 27.4 Å². The van der Waals surface area contributed by atoms with Crippen molar-refractivity contribution in [1.82, 2.24) is 0 Å². The topological polar surface area (TPSA) is 103 Å². The van der Waals surface area contributed by atoms with Gasteiger partial charge in [-0.3, -0.25) is 0 Å². The van der Waals surface area contributed by atoms with Crippen LogP contribution in [0.3, 0.4) is 0 Å². The Kier molecular flexibility index (Phi) is 11.6. The van der Waals surface area contributed by atoms with Crippen LogP contribution < -0.4 is 4.74 Å². The summed E-state index contributed by atoms with van der Waals surface area (Å²) >= 11 is 0. The van der Waals surface area contributed by atoms with E-state index in [1.165, 1.54) is 14.2 Å². The average Bonchev–Trinajstić information content (AvgIpc) is 2.90. The van der Waals surface area contributed by atoms with Crippen LogP contribution in [0.1, 0.15) is 33.3 Å². The van der Waals surface area contributed by atoms with Gasteiger partial charge in [-0.15, -0.1) is 0 Å². The van der Waals surface area contributed by atoms with Crippen LogP contribution in [0.15, 0.2) is 36.1 Å². The fraction of sp³-hybridized carbons (Fsp3) is 0.724. The number of aliphatic hydroxyl groups excluding tert-OH is 1. The predicted molar refractivity (Wildman–Crippen MR) is 151 cm³/mol. The molecule has 228 valence electrons. The van der Waals surface area contributed by atoms with Crippen LogP contribution in [0.5, 0.6) is 5.75 Å². The van der Waals surface area contributed by atoms with Gasteiger partial charge in [0.05, 0.1) is 26.4 Å². The Bertz CT molecular complexity index is 947. The Labute approximate surface area is 239 Å². The molecule has 2 aliphatic heterocycles. The number of benzene rings is 1. The van der Waals surface area contributed by atoms with Gasteiger partial charge in [-0.2, -0.15) is 0 Å². The molecule has 2 heterocycles. The average molecular weight is 585 g/mol.